The Bertz CT molecular complexity index is 1260. The van der Waals surface area contributed by atoms with E-state index in [1.807, 2.05) is 13.8 Å². The molecule has 0 spiro atoms. The summed E-state index contributed by atoms with van der Waals surface area (Å²) in [6.07, 6.45) is 2.77. The van der Waals surface area contributed by atoms with Gasteiger partial charge >= 0.3 is 6.18 Å². The Labute approximate surface area is 223 Å². The molecule has 2 N–H and O–H groups in total. The van der Waals surface area contributed by atoms with Gasteiger partial charge in [0.1, 0.15) is 24.7 Å². The molecule has 1 unspecified atom stereocenters. The van der Waals surface area contributed by atoms with Crippen molar-refractivity contribution in [2.45, 2.75) is 58.3 Å². The number of carbonyl (C=O) groups is 2. The minimum absolute atomic E-state index is 0.0835. The summed E-state index contributed by atoms with van der Waals surface area (Å²) in [5, 5.41) is 11.4. The molecule has 3 aliphatic rings. The van der Waals surface area contributed by atoms with E-state index >= 15 is 0 Å². The number of likely N-dealkylation sites (tertiary alicyclic amines) is 1. The summed E-state index contributed by atoms with van der Waals surface area (Å²) in [6, 6.07) is -1.09. The van der Waals surface area contributed by atoms with E-state index in [4.69, 9.17) is 14.6 Å². The largest absolute Gasteiger partial charge is 0.444 e. The lowest BCUT2D eigenvalue weighted by Gasteiger charge is -2.26. The lowest BCUT2D eigenvalue weighted by atomic mass is 9.92. The Morgan fingerprint density at radius 1 is 1.33 bits per heavy atom. The van der Waals surface area contributed by atoms with Gasteiger partial charge in [0.15, 0.2) is 5.69 Å². The number of carbonyl (C=O) groups excluding carboxylic acids is 2. The van der Waals surface area contributed by atoms with Crippen LogP contribution in [0, 0.1) is 10.8 Å². The molecular weight excluding hydrogens is 517 g/mol. The maximum Gasteiger partial charge on any atom is 0.407 e. The summed E-state index contributed by atoms with van der Waals surface area (Å²) in [7, 11) is 0. The van der Waals surface area contributed by atoms with Gasteiger partial charge in [-0.1, -0.05) is 19.4 Å². The van der Waals surface area contributed by atoms with E-state index in [2.05, 4.69) is 20.3 Å². The number of nitrogens with zero attached hydrogens (tertiary/aromatic N) is 4. The zero-order valence-corrected chi connectivity index (χ0v) is 22.0. The quantitative estimate of drug-likeness (QED) is 0.397. The maximum absolute atomic E-state index is 13.1. The third kappa shape index (κ3) is 7.08. The molecule has 1 aromatic heterocycles. The van der Waals surface area contributed by atoms with Crippen LogP contribution in [-0.4, -0.2) is 84.0 Å². The second kappa shape index (κ2) is 11.2. The van der Waals surface area contributed by atoms with Gasteiger partial charge in [-0.15, -0.1) is 0 Å². The molecule has 13 heteroatoms. The van der Waals surface area contributed by atoms with Crippen LogP contribution in [0.15, 0.2) is 38.4 Å². The van der Waals surface area contributed by atoms with Gasteiger partial charge in [0, 0.05) is 23.7 Å². The van der Waals surface area contributed by atoms with Crippen molar-refractivity contribution in [1.29, 1.82) is 5.41 Å². The van der Waals surface area contributed by atoms with Gasteiger partial charge in [0.25, 0.3) is 5.91 Å². The SMILES string of the molecule is CC1=CC(=NCC(F)(F)F)C=C(c2nc(C(=O)NC(C=NC3COC3)C(=N)N3CCC(C)(C)C3=O)co2)CC1. The van der Waals surface area contributed by atoms with Crippen LogP contribution in [0.3, 0.4) is 0 Å². The number of alkyl halides is 3. The number of rotatable bonds is 7. The van der Waals surface area contributed by atoms with E-state index in [0.29, 0.717) is 44.6 Å². The second-order valence-corrected chi connectivity index (χ2v) is 10.5. The van der Waals surface area contributed by atoms with Crippen LogP contribution in [0.25, 0.3) is 5.57 Å². The molecule has 2 saturated heterocycles. The third-order valence-corrected chi connectivity index (χ3v) is 6.68. The first-order valence-electron chi connectivity index (χ1n) is 12.6. The standard InChI is InChI=1S/C26H31F3N6O4/c1-15-4-5-16(9-17(8-15)32-14-26(27,28)29)23-34-20(13-39-23)22(36)33-19(10-31-18-11-38-12-18)21(30)35-7-6-25(2,3)24(35)37/h8-10,13,18-19,30H,4-7,11-12,14H2,1-3H3,(H,33,36). The molecule has 1 aliphatic carbocycles. The number of aliphatic imine (C=N–C) groups is 2. The second-order valence-electron chi connectivity index (χ2n) is 10.5. The third-order valence-electron chi connectivity index (χ3n) is 6.68. The maximum atomic E-state index is 13.1. The van der Waals surface area contributed by atoms with E-state index in [1.165, 1.54) is 17.2 Å². The molecule has 210 valence electrons. The average Bonchev–Trinajstić information content (AvgIpc) is 3.36. The number of ether oxygens (including phenoxy) is 1. The zero-order chi connectivity index (χ0) is 28.4. The molecule has 39 heavy (non-hydrogen) atoms. The fourth-order valence-electron chi connectivity index (χ4n) is 4.19. The first-order chi connectivity index (χ1) is 18.3. The van der Waals surface area contributed by atoms with Gasteiger partial charge in [-0.25, -0.2) is 4.98 Å². The van der Waals surface area contributed by atoms with E-state index in [1.54, 1.807) is 13.0 Å². The predicted molar refractivity (Wildman–Crippen MR) is 138 cm³/mol. The minimum Gasteiger partial charge on any atom is -0.444 e. The molecule has 0 saturated carbocycles. The summed E-state index contributed by atoms with van der Waals surface area (Å²) >= 11 is 0. The lowest BCUT2D eigenvalue weighted by molar-refractivity contribution is -0.131. The van der Waals surface area contributed by atoms with Gasteiger partial charge < -0.3 is 14.5 Å². The molecule has 0 radical (unpaired) electrons. The summed E-state index contributed by atoms with van der Waals surface area (Å²) < 4.78 is 48.7. The Hall–Kier alpha value is -3.61. The number of hydrogen-bond acceptors (Lipinski definition) is 8. The average molecular weight is 549 g/mol. The van der Waals surface area contributed by atoms with Crippen molar-refractivity contribution >= 4 is 35.1 Å². The van der Waals surface area contributed by atoms with Crippen LogP contribution < -0.4 is 5.32 Å². The molecule has 3 heterocycles. The van der Waals surface area contributed by atoms with Crippen LogP contribution in [-0.2, 0) is 9.53 Å². The number of nitrogens with one attached hydrogen (secondary N) is 2. The van der Waals surface area contributed by atoms with Crippen molar-refractivity contribution in [3.63, 3.8) is 0 Å². The Balaban J connectivity index is 1.51. The summed E-state index contributed by atoms with van der Waals surface area (Å²) in [6.45, 7) is 5.33. The van der Waals surface area contributed by atoms with Crippen molar-refractivity contribution in [3.8, 4) is 0 Å². The van der Waals surface area contributed by atoms with E-state index in [0.717, 1.165) is 11.8 Å². The number of amidine groups is 1. The molecule has 10 nitrogen and oxygen atoms in total. The van der Waals surface area contributed by atoms with Crippen LogP contribution in [0.5, 0.6) is 0 Å². The Morgan fingerprint density at radius 2 is 2.08 bits per heavy atom. The van der Waals surface area contributed by atoms with Crippen LogP contribution in [0.4, 0.5) is 13.2 Å². The van der Waals surface area contributed by atoms with E-state index in [-0.39, 0.29) is 35.1 Å². The number of aromatic nitrogens is 1. The molecule has 0 bridgehead atoms. The molecule has 4 rings (SSSR count). The predicted octanol–water partition coefficient (Wildman–Crippen LogP) is 3.61. The van der Waals surface area contributed by atoms with E-state index < -0.39 is 30.1 Å². The summed E-state index contributed by atoms with van der Waals surface area (Å²) in [5.74, 6) is -0.879. The molecule has 2 aliphatic heterocycles. The molecule has 2 amide bonds. The Morgan fingerprint density at radius 3 is 2.69 bits per heavy atom. The molecule has 2 fully saturated rings. The fraction of sp³-hybridized carbons (Fsp3) is 0.538. The topological polar surface area (TPSA) is 133 Å². The molecule has 1 atom stereocenters. The first kappa shape index (κ1) is 28.4. The smallest absolute Gasteiger partial charge is 0.407 e. The first-order valence-corrected chi connectivity index (χ1v) is 12.6. The van der Waals surface area contributed by atoms with Crippen molar-refractivity contribution in [2.75, 3.05) is 26.3 Å². The van der Waals surface area contributed by atoms with Gasteiger partial charge in [-0.05, 0) is 38.3 Å². The number of oxazole rings is 1. The molecular formula is C26H31F3N6O4. The highest BCUT2D eigenvalue weighted by atomic mass is 19.4. The van der Waals surface area contributed by atoms with Gasteiger partial charge in [-0.3, -0.25) is 29.9 Å². The monoisotopic (exact) mass is 548 g/mol. The van der Waals surface area contributed by atoms with Crippen molar-refractivity contribution in [1.82, 2.24) is 15.2 Å². The summed E-state index contributed by atoms with van der Waals surface area (Å²) in [5.41, 5.74) is 0.805. The minimum atomic E-state index is -4.43. The lowest BCUT2D eigenvalue weighted by Crippen LogP contribution is -2.51. The van der Waals surface area contributed by atoms with Crippen molar-refractivity contribution in [3.05, 3.63) is 35.6 Å². The number of allylic oxidation sites excluding steroid dienone is 4. The molecule has 0 aromatic carbocycles. The highest BCUT2D eigenvalue weighted by molar-refractivity contribution is 6.11. The molecule has 1 aromatic rings. The number of hydrogen-bond donors (Lipinski definition) is 2. The van der Waals surface area contributed by atoms with Gasteiger partial charge in [0.2, 0.25) is 11.8 Å². The van der Waals surface area contributed by atoms with Gasteiger partial charge in [-0.2, -0.15) is 13.2 Å². The number of halogens is 3. The van der Waals surface area contributed by atoms with Crippen molar-refractivity contribution < 1.29 is 31.9 Å². The normalized spacial score (nSPS) is 21.9. The van der Waals surface area contributed by atoms with Crippen LogP contribution in [0.2, 0.25) is 0 Å². The zero-order valence-electron chi connectivity index (χ0n) is 22.0. The number of amides is 2. The Kier molecular flexibility index (Phi) is 8.19. The van der Waals surface area contributed by atoms with E-state index in [9.17, 15) is 22.8 Å². The fourth-order valence-corrected chi connectivity index (χ4v) is 4.19. The van der Waals surface area contributed by atoms with Crippen LogP contribution in [0.1, 0.15) is 56.4 Å². The highest BCUT2D eigenvalue weighted by Crippen LogP contribution is 2.31. The van der Waals surface area contributed by atoms with Gasteiger partial charge in [0.05, 0.1) is 25.0 Å². The van der Waals surface area contributed by atoms with Crippen molar-refractivity contribution in [2.24, 2.45) is 15.4 Å². The van der Waals surface area contributed by atoms with Crippen LogP contribution >= 0.6 is 0 Å². The highest BCUT2D eigenvalue weighted by Gasteiger charge is 2.42. The summed E-state index contributed by atoms with van der Waals surface area (Å²) in [4.78, 5) is 39.5.